The van der Waals surface area contributed by atoms with Crippen LogP contribution in [0.3, 0.4) is 0 Å². The third-order valence-electron chi connectivity index (χ3n) is 1.91. The minimum absolute atomic E-state index is 0.245. The Labute approximate surface area is 81.9 Å². The van der Waals surface area contributed by atoms with E-state index < -0.39 is 5.91 Å². The van der Waals surface area contributed by atoms with E-state index in [2.05, 4.69) is 0 Å². The van der Waals surface area contributed by atoms with Crippen molar-refractivity contribution in [3.05, 3.63) is 28.8 Å². The van der Waals surface area contributed by atoms with Crippen molar-refractivity contribution in [2.24, 2.45) is 5.73 Å². The summed E-state index contributed by atoms with van der Waals surface area (Å²) in [6, 6.07) is 5.07. The lowest BCUT2D eigenvalue weighted by atomic mass is 10.0. The van der Waals surface area contributed by atoms with Crippen molar-refractivity contribution in [3.63, 3.8) is 0 Å². The number of hydrogen-bond donors (Lipinski definition) is 1. The predicted octanol–water partition coefficient (Wildman–Crippen LogP) is 0.974. The smallest absolute Gasteiger partial charge is 0.250 e. The van der Waals surface area contributed by atoms with Crippen LogP contribution in [-0.4, -0.2) is 13.0 Å². The number of amides is 1. The van der Waals surface area contributed by atoms with Crippen LogP contribution in [0, 0.1) is 18.3 Å². The number of benzene rings is 1. The van der Waals surface area contributed by atoms with Crippen molar-refractivity contribution in [3.8, 4) is 11.8 Å². The van der Waals surface area contributed by atoms with Crippen LogP contribution in [0.5, 0.6) is 5.75 Å². The van der Waals surface area contributed by atoms with Crippen LogP contribution in [-0.2, 0) is 0 Å². The summed E-state index contributed by atoms with van der Waals surface area (Å²) in [5, 5.41) is 8.80. The van der Waals surface area contributed by atoms with Gasteiger partial charge in [0.25, 0.3) is 0 Å². The van der Waals surface area contributed by atoms with Crippen LogP contribution in [0.2, 0.25) is 0 Å². The van der Waals surface area contributed by atoms with Crippen LogP contribution in [0.25, 0.3) is 0 Å². The second-order valence-electron chi connectivity index (χ2n) is 2.84. The zero-order valence-electron chi connectivity index (χ0n) is 8.00. The molecule has 0 saturated heterocycles. The highest BCUT2D eigenvalue weighted by molar-refractivity contribution is 5.97. The molecule has 0 radical (unpaired) electrons. The van der Waals surface area contributed by atoms with E-state index >= 15 is 0 Å². The van der Waals surface area contributed by atoms with Gasteiger partial charge in [-0.05, 0) is 24.6 Å². The van der Waals surface area contributed by atoms with Gasteiger partial charge >= 0.3 is 0 Å². The van der Waals surface area contributed by atoms with Gasteiger partial charge in [-0.3, -0.25) is 4.79 Å². The van der Waals surface area contributed by atoms with Crippen molar-refractivity contribution in [1.29, 1.82) is 5.26 Å². The number of aryl methyl sites for hydroxylation is 1. The number of rotatable bonds is 2. The summed E-state index contributed by atoms with van der Waals surface area (Å²) >= 11 is 0. The summed E-state index contributed by atoms with van der Waals surface area (Å²) in [5.41, 5.74) is 6.30. The molecule has 0 atom stereocenters. The minimum atomic E-state index is -0.596. The van der Waals surface area contributed by atoms with Gasteiger partial charge in [-0.15, -0.1) is 0 Å². The van der Waals surface area contributed by atoms with E-state index in [1.54, 1.807) is 13.0 Å². The minimum Gasteiger partial charge on any atom is -0.497 e. The maximum absolute atomic E-state index is 11.0. The first-order chi connectivity index (χ1) is 6.60. The fraction of sp³-hybridized carbons (Fsp3) is 0.200. The summed E-state index contributed by atoms with van der Waals surface area (Å²) in [6.07, 6.45) is 0. The molecule has 1 aromatic carbocycles. The number of hydrogen-bond acceptors (Lipinski definition) is 3. The second-order valence-corrected chi connectivity index (χ2v) is 2.84. The number of methoxy groups -OCH3 is 1. The first-order valence-corrected chi connectivity index (χ1v) is 3.98. The average molecular weight is 190 g/mol. The fourth-order valence-corrected chi connectivity index (χ4v) is 1.29. The lowest BCUT2D eigenvalue weighted by Gasteiger charge is -2.06. The predicted molar refractivity (Wildman–Crippen MR) is 51.0 cm³/mol. The fourth-order valence-electron chi connectivity index (χ4n) is 1.29. The molecule has 0 unspecified atom stereocenters. The molecule has 0 spiro atoms. The molecule has 14 heavy (non-hydrogen) atoms. The number of nitriles is 1. The Kier molecular flexibility index (Phi) is 2.73. The van der Waals surface area contributed by atoms with Crippen LogP contribution in [0.15, 0.2) is 12.1 Å². The third kappa shape index (κ3) is 1.67. The Morgan fingerprint density at radius 3 is 2.64 bits per heavy atom. The lowest BCUT2D eigenvalue weighted by molar-refractivity contribution is 0.0999. The van der Waals surface area contributed by atoms with Crippen LogP contribution >= 0.6 is 0 Å². The molecule has 4 nitrogen and oxygen atoms in total. The van der Waals surface area contributed by atoms with Crippen LogP contribution < -0.4 is 10.5 Å². The number of nitrogens with zero attached hydrogens (tertiary/aromatic N) is 1. The van der Waals surface area contributed by atoms with Gasteiger partial charge in [0.15, 0.2) is 0 Å². The van der Waals surface area contributed by atoms with Gasteiger partial charge in [0, 0.05) is 0 Å². The Bertz CT molecular complexity index is 419. The molecule has 0 aliphatic rings. The molecule has 0 aliphatic carbocycles. The van der Waals surface area contributed by atoms with E-state index in [1.807, 2.05) is 6.07 Å². The molecule has 0 fully saturated rings. The molecule has 0 heterocycles. The van der Waals surface area contributed by atoms with Crippen molar-refractivity contribution >= 4 is 5.91 Å². The highest BCUT2D eigenvalue weighted by Crippen LogP contribution is 2.21. The maximum atomic E-state index is 11.0. The molecule has 0 saturated carbocycles. The van der Waals surface area contributed by atoms with Crippen molar-refractivity contribution < 1.29 is 9.53 Å². The van der Waals surface area contributed by atoms with Gasteiger partial charge in [-0.25, -0.2) is 0 Å². The quantitative estimate of drug-likeness (QED) is 0.755. The van der Waals surface area contributed by atoms with E-state index in [-0.39, 0.29) is 11.1 Å². The summed E-state index contributed by atoms with van der Waals surface area (Å²) in [7, 11) is 1.50. The molecule has 0 aliphatic heterocycles. The number of primary amides is 1. The van der Waals surface area contributed by atoms with Gasteiger partial charge in [-0.1, -0.05) is 0 Å². The topological polar surface area (TPSA) is 76.1 Å². The van der Waals surface area contributed by atoms with Gasteiger partial charge in [-0.2, -0.15) is 5.26 Å². The molecule has 1 aromatic rings. The number of carbonyl (C=O) groups is 1. The molecule has 72 valence electrons. The summed E-state index contributed by atoms with van der Waals surface area (Å²) < 4.78 is 4.97. The molecule has 1 amide bonds. The number of carbonyl (C=O) groups excluding carboxylic acids is 1. The zero-order valence-corrected chi connectivity index (χ0v) is 8.00. The zero-order chi connectivity index (χ0) is 10.7. The highest BCUT2D eigenvalue weighted by Gasteiger charge is 2.12. The molecule has 0 aromatic heterocycles. The monoisotopic (exact) mass is 190 g/mol. The van der Waals surface area contributed by atoms with Crippen molar-refractivity contribution in [1.82, 2.24) is 0 Å². The molecule has 4 heteroatoms. The average Bonchev–Trinajstić information content (AvgIpc) is 2.15. The molecular weight excluding hydrogens is 180 g/mol. The Morgan fingerprint density at radius 2 is 2.21 bits per heavy atom. The van der Waals surface area contributed by atoms with Crippen molar-refractivity contribution in [2.45, 2.75) is 6.92 Å². The van der Waals surface area contributed by atoms with E-state index in [0.29, 0.717) is 11.3 Å². The number of nitrogens with two attached hydrogens (primary N) is 1. The lowest BCUT2D eigenvalue weighted by Crippen LogP contribution is -2.14. The Balaban J connectivity index is 3.44. The van der Waals surface area contributed by atoms with Gasteiger partial charge in [0.05, 0.1) is 18.2 Å². The maximum Gasteiger partial charge on any atom is 0.250 e. The second kappa shape index (κ2) is 3.79. The Morgan fingerprint density at radius 1 is 1.57 bits per heavy atom. The highest BCUT2D eigenvalue weighted by atomic mass is 16.5. The van der Waals surface area contributed by atoms with Crippen molar-refractivity contribution in [2.75, 3.05) is 7.11 Å². The summed E-state index contributed by atoms with van der Waals surface area (Å²) in [4.78, 5) is 11.0. The Hall–Kier alpha value is -2.02. The van der Waals surface area contributed by atoms with Crippen LogP contribution in [0.1, 0.15) is 21.5 Å². The largest absolute Gasteiger partial charge is 0.497 e. The van der Waals surface area contributed by atoms with E-state index in [0.717, 1.165) is 0 Å². The van der Waals surface area contributed by atoms with Gasteiger partial charge < -0.3 is 10.5 Å². The van der Waals surface area contributed by atoms with E-state index in [9.17, 15) is 4.79 Å². The van der Waals surface area contributed by atoms with Gasteiger partial charge in [0.2, 0.25) is 5.91 Å². The number of ether oxygens (including phenoxy) is 1. The molecule has 1 rings (SSSR count). The first kappa shape index (κ1) is 10.1. The normalized spacial score (nSPS) is 9.21. The first-order valence-electron chi connectivity index (χ1n) is 3.98. The SMILES string of the molecule is COc1cc(C)c(C(N)=O)c(C#N)c1. The molecule has 0 bridgehead atoms. The van der Waals surface area contributed by atoms with E-state index in [4.69, 9.17) is 15.7 Å². The standard InChI is InChI=1S/C10H10N2O2/c1-6-3-8(14-2)4-7(5-11)9(6)10(12)13/h3-4H,1-2H3,(H2,12,13). The van der Waals surface area contributed by atoms with Crippen LogP contribution in [0.4, 0.5) is 0 Å². The summed E-state index contributed by atoms with van der Waals surface area (Å²) in [5.74, 6) is -0.0502. The van der Waals surface area contributed by atoms with Gasteiger partial charge in [0.1, 0.15) is 11.8 Å². The third-order valence-corrected chi connectivity index (χ3v) is 1.91. The summed E-state index contributed by atoms with van der Waals surface area (Å²) in [6.45, 7) is 1.71. The van der Waals surface area contributed by atoms with E-state index in [1.165, 1.54) is 13.2 Å². The molecular formula is C10H10N2O2. The molecule has 2 N–H and O–H groups in total.